The van der Waals surface area contributed by atoms with E-state index in [-0.39, 0.29) is 0 Å². The Balaban J connectivity index is 2.09. The van der Waals surface area contributed by atoms with Crippen molar-refractivity contribution in [3.8, 4) is 0 Å². The van der Waals surface area contributed by atoms with Gasteiger partial charge >= 0.3 is 5.97 Å². The maximum absolute atomic E-state index is 11.1. The van der Waals surface area contributed by atoms with Crippen LogP contribution in [0.3, 0.4) is 0 Å². The first-order chi connectivity index (χ1) is 9.04. The molecule has 1 N–H and O–H groups in total. The van der Waals surface area contributed by atoms with E-state index < -0.39 is 5.97 Å². The number of aryl methyl sites for hydroxylation is 1. The molecular formula is C14H16N2O2S. The fourth-order valence-corrected chi connectivity index (χ4v) is 3.20. The van der Waals surface area contributed by atoms with Crippen LogP contribution in [0.2, 0.25) is 0 Å². The molecule has 3 rings (SSSR count). The van der Waals surface area contributed by atoms with Crippen LogP contribution in [0.4, 0.5) is 0 Å². The van der Waals surface area contributed by atoms with Crippen LogP contribution in [0.15, 0.2) is 18.2 Å². The molecular weight excluding hydrogens is 260 g/mol. The van der Waals surface area contributed by atoms with Crippen molar-refractivity contribution in [3.05, 3.63) is 29.6 Å². The van der Waals surface area contributed by atoms with Crippen LogP contribution in [0.25, 0.3) is 11.0 Å². The highest BCUT2D eigenvalue weighted by atomic mass is 32.2. The largest absolute Gasteiger partial charge is 0.478 e. The highest BCUT2D eigenvalue weighted by Gasteiger charge is 2.42. The average molecular weight is 276 g/mol. The second-order valence-corrected chi connectivity index (χ2v) is 6.42. The molecule has 1 saturated carbocycles. The summed E-state index contributed by atoms with van der Waals surface area (Å²) >= 11 is 1.90. The number of carboxylic acids is 1. The van der Waals surface area contributed by atoms with Crippen molar-refractivity contribution in [1.29, 1.82) is 0 Å². The summed E-state index contributed by atoms with van der Waals surface area (Å²) in [5, 5.41) is 9.10. The molecule has 4 nitrogen and oxygen atoms in total. The molecule has 19 heavy (non-hydrogen) atoms. The fraction of sp³-hybridized carbons (Fsp3) is 0.429. The number of aromatic nitrogens is 2. The molecule has 0 amide bonds. The van der Waals surface area contributed by atoms with Gasteiger partial charge in [-0.05, 0) is 44.2 Å². The Morgan fingerprint density at radius 3 is 2.84 bits per heavy atom. The van der Waals surface area contributed by atoms with Crippen LogP contribution >= 0.6 is 11.8 Å². The zero-order chi connectivity index (χ0) is 13.6. The van der Waals surface area contributed by atoms with Gasteiger partial charge in [0.2, 0.25) is 0 Å². The number of fused-ring (bicyclic) bond motifs is 1. The molecule has 0 radical (unpaired) electrons. The molecule has 5 heteroatoms. The van der Waals surface area contributed by atoms with Gasteiger partial charge in [-0.3, -0.25) is 0 Å². The van der Waals surface area contributed by atoms with Gasteiger partial charge in [-0.1, -0.05) is 0 Å². The van der Waals surface area contributed by atoms with Crippen molar-refractivity contribution in [1.82, 2.24) is 9.55 Å². The van der Waals surface area contributed by atoms with Crippen LogP contribution in [0, 0.1) is 6.92 Å². The number of benzene rings is 1. The van der Waals surface area contributed by atoms with Gasteiger partial charge in [-0.25, -0.2) is 9.78 Å². The number of carbonyl (C=O) groups is 1. The molecule has 0 saturated heterocycles. The highest BCUT2D eigenvalue weighted by Crippen LogP contribution is 2.49. The number of thioether (sulfide) groups is 1. The first-order valence-corrected chi connectivity index (χ1v) is 7.52. The van der Waals surface area contributed by atoms with Gasteiger partial charge in [-0.2, -0.15) is 11.8 Å². The zero-order valence-corrected chi connectivity index (χ0v) is 11.8. The van der Waals surface area contributed by atoms with E-state index in [9.17, 15) is 4.79 Å². The Kier molecular flexibility index (Phi) is 2.82. The minimum atomic E-state index is -0.890. The Morgan fingerprint density at radius 2 is 2.26 bits per heavy atom. The van der Waals surface area contributed by atoms with Crippen molar-refractivity contribution in [3.63, 3.8) is 0 Å². The summed E-state index contributed by atoms with van der Waals surface area (Å²) in [7, 11) is 0. The first kappa shape index (κ1) is 12.5. The van der Waals surface area contributed by atoms with Crippen molar-refractivity contribution < 1.29 is 9.90 Å². The van der Waals surface area contributed by atoms with Gasteiger partial charge in [0.15, 0.2) is 0 Å². The molecule has 2 aromatic rings. The van der Waals surface area contributed by atoms with Crippen molar-refractivity contribution in [2.45, 2.75) is 31.1 Å². The number of carboxylic acid groups (broad SMARTS) is 1. The maximum atomic E-state index is 11.1. The van der Waals surface area contributed by atoms with E-state index in [0.717, 1.165) is 23.4 Å². The second kappa shape index (κ2) is 4.27. The summed E-state index contributed by atoms with van der Waals surface area (Å²) in [5.74, 6) is 0.0659. The number of hydrogen-bond donors (Lipinski definition) is 1. The van der Waals surface area contributed by atoms with E-state index in [1.165, 1.54) is 12.8 Å². The molecule has 1 aliphatic rings. The van der Waals surface area contributed by atoms with E-state index >= 15 is 0 Å². The third-order valence-corrected chi connectivity index (χ3v) is 5.28. The lowest BCUT2D eigenvalue weighted by Gasteiger charge is -2.15. The summed E-state index contributed by atoms with van der Waals surface area (Å²) in [6.45, 7) is 2.90. The lowest BCUT2D eigenvalue weighted by Crippen LogP contribution is -2.14. The Morgan fingerprint density at radius 1 is 1.53 bits per heavy atom. The predicted molar refractivity (Wildman–Crippen MR) is 76.9 cm³/mol. The minimum Gasteiger partial charge on any atom is -0.478 e. The van der Waals surface area contributed by atoms with Gasteiger partial charge in [0.05, 0.1) is 16.6 Å². The van der Waals surface area contributed by atoms with Gasteiger partial charge in [0.1, 0.15) is 5.82 Å². The second-order valence-electron chi connectivity index (χ2n) is 5.14. The van der Waals surface area contributed by atoms with E-state index in [4.69, 9.17) is 5.11 Å². The highest BCUT2D eigenvalue weighted by molar-refractivity contribution is 8.00. The number of aromatic carboxylic acids is 1. The third-order valence-electron chi connectivity index (χ3n) is 3.87. The smallest absolute Gasteiger partial charge is 0.335 e. The predicted octanol–water partition coefficient (Wildman–Crippen LogP) is 2.94. The molecule has 1 fully saturated rings. The molecule has 1 aliphatic carbocycles. The van der Waals surface area contributed by atoms with Crippen LogP contribution in [0.1, 0.15) is 29.0 Å². The first-order valence-electron chi connectivity index (χ1n) is 6.30. The number of imidazole rings is 1. The third kappa shape index (κ3) is 2.12. The van der Waals surface area contributed by atoms with Gasteiger partial charge in [0, 0.05) is 11.3 Å². The zero-order valence-electron chi connectivity index (χ0n) is 11.0. The minimum absolute atomic E-state index is 0.322. The number of hydrogen-bond acceptors (Lipinski definition) is 3. The van der Waals surface area contributed by atoms with Crippen molar-refractivity contribution in [2.24, 2.45) is 0 Å². The molecule has 1 aromatic carbocycles. The van der Waals surface area contributed by atoms with Crippen LogP contribution in [-0.2, 0) is 6.54 Å². The summed E-state index contributed by atoms with van der Waals surface area (Å²) in [5.41, 5.74) is 2.12. The number of nitrogens with zero attached hydrogens (tertiary/aromatic N) is 2. The Bertz CT molecular complexity index is 659. The van der Waals surface area contributed by atoms with Crippen LogP contribution in [0.5, 0.6) is 0 Å². The van der Waals surface area contributed by atoms with Crippen LogP contribution < -0.4 is 0 Å². The van der Waals surface area contributed by atoms with Gasteiger partial charge in [-0.15, -0.1) is 0 Å². The molecule has 1 heterocycles. The number of rotatable bonds is 4. The maximum Gasteiger partial charge on any atom is 0.335 e. The van der Waals surface area contributed by atoms with E-state index in [1.54, 1.807) is 18.2 Å². The Hall–Kier alpha value is -1.49. The monoisotopic (exact) mass is 276 g/mol. The summed E-state index contributed by atoms with van der Waals surface area (Å²) < 4.78 is 2.49. The molecule has 0 atom stereocenters. The van der Waals surface area contributed by atoms with Crippen molar-refractivity contribution in [2.75, 3.05) is 6.26 Å². The molecule has 0 aliphatic heterocycles. The molecule has 100 valence electrons. The summed E-state index contributed by atoms with van der Waals surface area (Å²) in [6, 6.07) is 5.14. The van der Waals surface area contributed by atoms with Gasteiger partial charge in [0.25, 0.3) is 0 Å². The fourth-order valence-electron chi connectivity index (χ4n) is 2.43. The van der Waals surface area contributed by atoms with E-state index in [1.807, 2.05) is 18.7 Å². The standard InChI is InChI=1S/C14H16N2O2S/c1-9-15-11-4-3-10(13(17)18)7-12(11)16(9)8-14(19-2)5-6-14/h3-4,7H,5-6,8H2,1-2H3,(H,17,18). The molecule has 1 aromatic heterocycles. The van der Waals surface area contributed by atoms with E-state index in [0.29, 0.717) is 10.3 Å². The molecule has 0 spiro atoms. The van der Waals surface area contributed by atoms with Gasteiger partial charge < -0.3 is 9.67 Å². The lowest BCUT2D eigenvalue weighted by molar-refractivity contribution is 0.0697. The molecule has 0 bridgehead atoms. The average Bonchev–Trinajstić information content (AvgIpc) is 3.10. The summed E-state index contributed by atoms with van der Waals surface area (Å²) in [4.78, 5) is 15.6. The Labute approximate surface area is 115 Å². The molecule has 0 unspecified atom stereocenters. The topological polar surface area (TPSA) is 55.1 Å². The lowest BCUT2D eigenvalue weighted by atomic mass is 10.2. The van der Waals surface area contributed by atoms with E-state index in [2.05, 4.69) is 15.8 Å². The summed E-state index contributed by atoms with van der Waals surface area (Å²) in [6.07, 6.45) is 4.60. The van der Waals surface area contributed by atoms with Crippen molar-refractivity contribution >= 4 is 28.8 Å². The van der Waals surface area contributed by atoms with Crippen LogP contribution in [-0.4, -0.2) is 31.6 Å². The quantitative estimate of drug-likeness (QED) is 0.933. The normalized spacial score (nSPS) is 16.7. The SMILES string of the molecule is CSC1(Cn2c(C)nc3ccc(C(=O)O)cc32)CC1.